The maximum Gasteiger partial charge on any atom is 0.0703 e. The van der Waals surface area contributed by atoms with Crippen LogP contribution in [0, 0.1) is 0 Å². The molecule has 92 valence electrons. The number of nitrogens with zero attached hydrogens (tertiary/aromatic N) is 2. The standard InChI is InChI=1S/C16H11BrN2/c17-15-4-1-12(2-5-15)14-3-6-16(19-11-14)13-7-9-18-10-8-13/h1-11H. The van der Waals surface area contributed by atoms with Crippen LogP contribution in [-0.2, 0) is 0 Å². The van der Waals surface area contributed by atoms with Crippen LogP contribution in [-0.4, -0.2) is 9.97 Å². The molecule has 0 N–H and O–H groups in total. The lowest BCUT2D eigenvalue weighted by atomic mass is 10.1. The van der Waals surface area contributed by atoms with Crippen molar-refractivity contribution in [1.82, 2.24) is 9.97 Å². The summed E-state index contributed by atoms with van der Waals surface area (Å²) in [5, 5.41) is 0. The third kappa shape index (κ3) is 2.71. The number of hydrogen-bond acceptors (Lipinski definition) is 2. The van der Waals surface area contributed by atoms with E-state index >= 15 is 0 Å². The Morgan fingerprint density at radius 2 is 1.37 bits per heavy atom. The maximum absolute atomic E-state index is 4.51. The Bertz CT molecular complexity index is 661. The Morgan fingerprint density at radius 1 is 0.684 bits per heavy atom. The van der Waals surface area contributed by atoms with Gasteiger partial charge in [-0.2, -0.15) is 0 Å². The van der Waals surface area contributed by atoms with E-state index in [9.17, 15) is 0 Å². The van der Waals surface area contributed by atoms with Crippen molar-refractivity contribution in [1.29, 1.82) is 0 Å². The lowest BCUT2D eigenvalue weighted by Gasteiger charge is -2.04. The van der Waals surface area contributed by atoms with E-state index in [0.29, 0.717) is 0 Å². The van der Waals surface area contributed by atoms with Crippen LogP contribution in [0.15, 0.2) is 71.6 Å². The molecule has 0 amide bonds. The fourth-order valence-corrected chi connectivity index (χ4v) is 2.16. The van der Waals surface area contributed by atoms with Crippen molar-refractivity contribution < 1.29 is 0 Å². The molecule has 0 bridgehead atoms. The first-order valence-corrected chi connectivity index (χ1v) is 6.74. The van der Waals surface area contributed by atoms with Crippen LogP contribution in [0.4, 0.5) is 0 Å². The highest BCUT2D eigenvalue weighted by Crippen LogP contribution is 2.23. The van der Waals surface area contributed by atoms with Crippen molar-refractivity contribution in [2.45, 2.75) is 0 Å². The van der Waals surface area contributed by atoms with Crippen LogP contribution < -0.4 is 0 Å². The number of pyridine rings is 2. The average Bonchev–Trinajstić information content (AvgIpc) is 2.49. The summed E-state index contributed by atoms with van der Waals surface area (Å²) in [6.07, 6.45) is 5.46. The van der Waals surface area contributed by atoms with Gasteiger partial charge in [0.2, 0.25) is 0 Å². The minimum Gasteiger partial charge on any atom is -0.265 e. The van der Waals surface area contributed by atoms with E-state index in [-0.39, 0.29) is 0 Å². The van der Waals surface area contributed by atoms with Crippen LogP contribution in [0.2, 0.25) is 0 Å². The molecule has 1 aromatic carbocycles. The monoisotopic (exact) mass is 310 g/mol. The van der Waals surface area contributed by atoms with Gasteiger partial charge in [-0.25, -0.2) is 0 Å². The molecule has 19 heavy (non-hydrogen) atoms. The zero-order valence-electron chi connectivity index (χ0n) is 10.1. The summed E-state index contributed by atoms with van der Waals surface area (Å²) in [5.41, 5.74) is 4.32. The zero-order chi connectivity index (χ0) is 13.1. The highest BCUT2D eigenvalue weighted by atomic mass is 79.9. The third-order valence-electron chi connectivity index (χ3n) is 2.92. The van der Waals surface area contributed by atoms with Crippen molar-refractivity contribution in [2.75, 3.05) is 0 Å². The van der Waals surface area contributed by atoms with Crippen molar-refractivity contribution in [3.8, 4) is 22.4 Å². The van der Waals surface area contributed by atoms with Crippen LogP contribution in [0.25, 0.3) is 22.4 Å². The van der Waals surface area contributed by atoms with Gasteiger partial charge in [0.05, 0.1) is 5.69 Å². The van der Waals surface area contributed by atoms with Gasteiger partial charge in [-0.05, 0) is 35.9 Å². The molecule has 0 spiro atoms. The molecule has 3 rings (SSSR count). The van der Waals surface area contributed by atoms with Gasteiger partial charge in [-0.3, -0.25) is 9.97 Å². The second kappa shape index (κ2) is 5.33. The second-order valence-electron chi connectivity index (χ2n) is 4.17. The van der Waals surface area contributed by atoms with Gasteiger partial charge in [0, 0.05) is 34.2 Å². The lowest BCUT2D eigenvalue weighted by molar-refractivity contribution is 1.29. The van der Waals surface area contributed by atoms with E-state index in [1.165, 1.54) is 0 Å². The fourth-order valence-electron chi connectivity index (χ4n) is 1.90. The van der Waals surface area contributed by atoms with E-state index in [1.807, 2.05) is 36.5 Å². The summed E-state index contributed by atoms with van der Waals surface area (Å²) in [5.74, 6) is 0. The molecule has 0 atom stereocenters. The van der Waals surface area contributed by atoms with E-state index in [1.54, 1.807) is 12.4 Å². The number of hydrogen-bond donors (Lipinski definition) is 0. The minimum atomic E-state index is 0.961. The van der Waals surface area contributed by atoms with Gasteiger partial charge < -0.3 is 0 Å². The van der Waals surface area contributed by atoms with Crippen LogP contribution in [0.1, 0.15) is 0 Å². The smallest absolute Gasteiger partial charge is 0.0703 e. The van der Waals surface area contributed by atoms with E-state index < -0.39 is 0 Å². The maximum atomic E-state index is 4.51. The first-order valence-electron chi connectivity index (χ1n) is 5.95. The van der Waals surface area contributed by atoms with Gasteiger partial charge in [0.15, 0.2) is 0 Å². The normalized spacial score (nSPS) is 10.4. The second-order valence-corrected chi connectivity index (χ2v) is 5.09. The molecule has 3 aromatic rings. The molecule has 0 saturated heterocycles. The highest BCUT2D eigenvalue weighted by molar-refractivity contribution is 9.10. The first-order chi connectivity index (χ1) is 9.33. The van der Waals surface area contributed by atoms with Crippen molar-refractivity contribution in [2.24, 2.45) is 0 Å². The van der Waals surface area contributed by atoms with Crippen LogP contribution in [0.3, 0.4) is 0 Å². The number of rotatable bonds is 2. The van der Waals surface area contributed by atoms with Crippen molar-refractivity contribution in [3.05, 3.63) is 71.6 Å². The molecule has 0 aliphatic carbocycles. The fraction of sp³-hybridized carbons (Fsp3) is 0. The first kappa shape index (κ1) is 12.1. The van der Waals surface area contributed by atoms with Gasteiger partial charge >= 0.3 is 0 Å². The van der Waals surface area contributed by atoms with Crippen molar-refractivity contribution in [3.63, 3.8) is 0 Å². The summed E-state index contributed by atoms with van der Waals surface area (Å²) in [6, 6.07) is 16.3. The van der Waals surface area contributed by atoms with E-state index in [0.717, 1.165) is 26.9 Å². The number of benzene rings is 1. The Morgan fingerprint density at radius 3 is 2.00 bits per heavy atom. The van der Waals surface area contributed by atoms with E-state index in [4.69, 9.17) is 0 Å². The molecule has 0 unspecified atom stereocenters. The SMILES string of the molecule is Brc1ccc(-c2ccc(-c3ccncc3)nc2)cc1. The molecule has 0 aliphatic heterocycles. The highest BCUT2D eigenvalue weighted by Gasteiger charge is 2.01. The molecular formula is C16H11BrN2. The van der Waals surface area contributed by atoms with Gasteiger partial charge in [0.1, 0.15) is 0 Å². The Balaban J connectivity index is 1.93. The molecule has 2 aromatic heterocycles. The summed E-state index contributed by atoms with van der Waals surface area (Å²) in [6.45, 7) is 0. The van der Waals surface area contributed by atoms with Gasteiger partial charge in [-0.15, -0.1) is 0 Å². The largest absolute Gasteiger partial charge is 0.265 e. The Labute approximate surface area is 120 Å². The van der Waals surface area contributed by atoms with Gasteiger partial charge in [0.25, 0.3) is 0 Å². The molecule has 0 fully saturated rings. The Kier molecular flexibility index (Phi) is 3.38. The summed E-state index contributed by atoms with van der Waals surface area (Å²) >= 11 is 3.44. The molecular weight excluding hydrogens is 300 g/mol. The Hall–Kier alpha value is -2.00. The summed E-state index contributed by atoms with van der Waals surface area (Å²) < 4.78 is 1.08. The van der Waals surface area contributed by atoms with Crippen molar-refractivity contribution >= 4 is 15.9 Å². The third-order valence-corrected chi connectivity index (χ3v) is 3.45. The topological polar surface area (TPSA) is 25.8 Å². The number of halogens is 1. The predicted molar refractivity (Wildman–Crippen MR) is 80.6 cm³/mol. The minimum absolute atomic E-state index is 0.961. The number of aromatic nitrogens is 2. The predicted octanol–water partition coefficient (Wildman–Crippen LogP) is 4.57. The quantitative estimate of drug-likeness (QED) is 0.692. The molecule has 2 heterocycles. The lowest BCUT2D eigenvalue weighted by Crippen LogP contribution is -1.85. The van der Waals surface area contributed by atoms with Crippen LogP contribution >= 0.6 is 15.9 Å². The summed E-state index contributed by atoms with van der Waals surface area (Å²) in [7, 11) is 0. The molecule has 0 saturated carbocycles. The summed E-state index contributed by atoms with van der Waals surface area (Å²) in [4.78, 5) is 8.52. The van der Waals surface area contributed by atoms with Gasteiger partial charge in [-0.1, -0.05) is 34.1 Å². The average molecular weight is 311 g/mol. The molecule has 0 radical (unpaired) electrons. The van der Waals surface area contributed by atoms with E-state index in [2.05, 4.69) is 44.1 Å². The van der Waals surface area contributed by atoms with Crippen LogP contribution in [0.5, 0.6) is 0 Å². The zero-order valence-corrected chi connectivity index (χ0v) is 11.7. The molecule has 2 nitrogen and oxygen atoms in total. The molecule has 3 heteroatoms. The molecule has 0 aliphatic rings.